The largest absolute Gasteiger partial charge is 0.493 e. The number of ether oxygens (including phenoxy) is 3. The van der Waals surface area contributed by atoms with Crippen LogP contribution in [0.15, 0.2) is 18.2 Å². The number of hydrogen-bond acceptors (Lipinski definition) is 5. The van der Waals surface area contributed by atoms with Gasteiger partial charge in [0.2, 0.25) is 0 Å². The van der Waals surface area contributed by atoms with Gasteiger partial charge in [-0.25, -0.2) is 4.79 Å². The topological polar surface area (TPSA) is 63.3 Å². The van der Waals surface area contributed by atoms with Crippen molar-refractivity contribution in [2.75, 3.05) is 47.0 Å². The van der Waals surface area contributed by atoms with Gasteiger partial charge in [0, 0.05) is 38.8 Å². The van der Waals surface area contributed by atoms with Crippen LogP contribution in [0.5, 0.6) is 11.5 Å². The Morgan fingerprint density at radius 2 is 2.00 bits per heavy atom. The molecule has 28 heavy (non-hydrogen) atoms. The Morgan fingerprint density at radius 3 is 2.61 bits per heavy atom. The van der Waals surface area contributed by atoms with Gasteiger partial charge in [0.1, 0.15) is 0 Å². The summed E-state index contributed by atoms with van der Waals surface area (Å²) < 4.78 is 39.7. The molecule has 1 aromatic carbocycles. The molecule has 0 spiro atoms. The molecule has 1 heterocycles. The van der Waals surface area contributed by atoms with Crippen LogP contribution >= 0.6 is 0 Å². The standard InChI is InChI=1S/C19H29F2N3O4/c1-19(2,24-7-9-27-10-8-24)13-22-18(25)23(3)12-14-5-6-15(28-17(20)21)16(11-14)26-4/h5-6,11,17H,7-10,12-13H2,1-4H3,(H,22,25). The van der Waals surface area contributed by atoms with Crippen molar-refractivity contribution in [2.45, 2.75) is 32.5 Å². The Morgan fingerprint density at radius 1 is 1.32 bits per heavy atom. The van der Waals surface area contributed by atoms with Gasteiger partial charge in [-0.3, -0.25) is 4.90 Å². The van der Waals surface area contributed by atoms with Crippen molar-refractivity contribution >= 4 is 6.03 Å². The second-order valence-corrected chi connectivity index (χ2v) is 7.29. The lowest BCUT2D eigenvalue weighted by Crippen LogP contribution is -2.56. The molecule has 0 unspecified atom stereocenters. The van der Waals surface area contributed by atoms with Crippen molar-refractivity contribution in [1.29, 1.82) is 0 Å². The summed E-state index contributed by atoms with van der Waals surface area (Å²) in [5, 5.41) is 2.96. The van der Waals surface area contributed by atoms with Crippen molar-refractivity contribution in [3.8, 4) is 11.5 Å². The second-order valence-electron chi connectivity index (χ2n) is 7.29. The van der Waals surface area contributed by atoms with E-state index in [-0.39, 0.29) is 23.1 Å². The van der Waals surface area contributed by atoms with E-state index in [1.54, 1.807) is 19.2 Å². The highest BCUT2D eigenvalue weighted by atomic mass is 19.3. The Hall–Kier alpha value is -2.13. The zero-order chi connectivity index (χ0) is 20.7. The predicted molar refractivity (Wildman–Crippen MR) is 101 cm³/mol. The maximum Gasteiger partial charge on any atom is 0.387 e. The second kappa shape index (κ2) is 9.88. The van der Waals surface area contributed by atoms with Gasteiger partial charge < -0.3 is 24.4 Å². The van der Waals surface area contributed by atoms with Crippen LogP contribution in [-0.4, -0.2) is 75.0 Å². The minimum atomic E-state index is -2.93. The monoisotopic (exact) mass is 401 g/mol. The number of alkyl halides is 2. The number of nitrogens with one attached hydrogen (secondary N) is 1. The third-order valence-electron chi connectivity index (χ3n) is 4.75. The summed E-state index contributed by atoms with van der Waals surface area (Å²) in [7, 11) is 3.05. The number of urea groups is 1. The highest BCUT2D eigenvalue weighted by Gasteiger charge is 2.29. The average Bonchev–Trinajstić information content (AvgIpc) is 2.67. The average molecular weight is 401 g/mol. The smallest absolute Gasteiger partial charge is 0.387 e. The van der Waals surface area contributed by atoms with Gasteiger partial charge >= 0.3 is 12.6 Å². The number of morpholine rings is 1. The molecule has 0 radical (unpaired) electrons. The van der Waals surface area contributed by atoms with Gasteiger partial charge in [0.25, 0.3) is 0 Å². The fourth-order valence-electron chi connectivity index (χ4n) is 3.06. The lowest BCUT2D eigenvalue weighted by molar-refractivity contribution is -0.0512. The maximum absolute atomic E-state index is 12.5. The number of methoxy groups -OCH3 is 1. The molecular formula is C19H29F2N3O4. The van der Waals surface area contributed by atoms with Crippen molar-refractivity contribution in [3.63, 3.8) is 0 Å². The fourth-order valence-corrected chi connectivity index (χ4v) is 3.06. The van der Waals surface area contributed by atoms with E-state index in [9.17, 15) is 13.6 Å². The van der Waals surface area contributed by atoms with E-state index >= 15 is 0 Å². The molecular weight excluding hydrogens is 372 g/mol. The molecule has 1 aliphatic rings. The van der Waals surface area contributed by atoms with E-state index in [1.807, 2.05) is 0 Å². The molecule has 158 valence electrons. The molecule has 1 aliphatic heterocycles. The molecule has 9 heteroatoms. The van der Waals surface area contributed by atoms with Crippen LogP contribution in [0.2, 0.25) is 0 Å². The third kappa shape index (κ3) is 6.20. The van der Waals surface area contributed by atoms with Crippen LogP contribution in [0.3, 0.4) is 0 Å². The van der Waals surface area contributed by atoms with Crippen LogP contribution in [0.1, 0.15) is 19.4 Å². The predicted octanol–water partition coefficient (Wildman–Crippen LogP) is 2.55. The molecule has 2 amide bonds. The Labute approximate surface area is 164 Å². The van der Waals surface area contributed by atoms with Gasteiger partial charge in [0.05, 0.1) is 20.3 Å². The summed E-state index contributed by atoms with van der Waals surface area (Å²) in [5.74, 6) is 0.153. The molecule has 2 rings (SSSR count). The Kier molecular flexibility index (Phi) is 7.82. The first-order valence-electron chi connectivity index (χ1n) is 9.16. The number of halogens is 2. The van der Waals surface area contributed by atoms with Gasteiger partial charge in [-0.05, 0) is 31.5 Å². The van der Waals surface area contributed by atoms with E-state index in [2.05, 4.69) is 28.8 Å². The first kappa shape index (κ1) is 22.2. The number of benzene rings is 1. The summed E-state index contributed by atoms with van der Waals surface area (Å²) in [5.41, 5.74) is 0.557. The van der Waals surface area contributed by atoms with E-state index in [0.29, 0.717) is 26.3 Å². The highest BCUT2D eigenvalue weighted by Crippen LogP contribution is 2.29. The number of carbonyl (C=O) groups excluding carboxylic acids is 1. The minimum Gasteiger partial charge on any atom is -0.493 e. The SMILES string of the molecule is COc1cc(CN(C)C(=O)NCC(C)(C)N2CCOCC2)ccc1OC(F)F. The lowest BCUT2D eigenvalue weighted by Gasteiger charge is -2.41. The summed E-state index contributed by atoms with van der Waals surface area (Å²) in [6.07, 6.45) is 0. The molecule has 0 atom stereocenters. The molecule has 0 saturated carbocycles. The normalized spacial score (nSPS) is 15.4. The van der Waals surface area contributed by atoms with E-state index in [0.717, 1.165) is 18.7 Å². The molecule has 0 aliphatic carbocycles. The van der Waals surface area contributed by atoms with Gasteiger partial charge in [-0.15, -0.1) is 0 Å². The lowest BCUT2D eigenvalue weighted by atomic mass is 10.0. The highest BCUT2D eigenvalue weighted by molar-refractivity contribution is 5.74. The number of carbonyl (C=O) groups is 1. The Bertz CT molecular complexity index is 652. The number of amides is 2. The molecule has 1 N–H and O–H groups in total. The third-order valence-corrected chi connectivity index (χ3v) is 4.75. The van der Waals surface area contributed by atoms with Crippen LogP contribution in [0, 0.1) is 0 Å². The molecule has 0 aromatic heterocycles. The van der Waals surface area contributed by atoms with Crippen LogP contribution in [0.4, 0.5) is 13.6 Å². The fraction of sp³-hybridized carbons (Fsp3) is 0.632. The minimum absolute atomic E-state index is 0.0411. The van der Waals surface area contributed by atoms with E-state index in [4.69, 9.17) is 9.47 Å². The van der Waals surface area contributed by atoms with Crippen LogP contribution in [0.25, 0.3) is 0 Å². The van der Waals surface area contributed by atoms with Gasteiger partial charge in [-0.2, -0.15) is 8.78 Å². The van der Waals surface area contributed by atoms with Crippen molar-refractivity contribution < 1.29 is 27.8 Å². The molecule has 1 aromatic rings. The maximum atomic E-state index is 12.5. The molecule has 7 nitrogen and oxygen atoms in total. The van der Waals surface area contributed by atoms with E-state index in [1.165, 1.54) is 18.1 Å². The van der Waals surface area contributed by atoms with Crippen LogP contribution < -0.4 is 14.8 Å². The quantitative estimate of drug-likeness (QED) is 0.725. The van der Waals surface area contributed by atoms with Crippen molar-refractivity contribution in [3.05, 3.63) is 23.8 Å². The number of nitrogens with zero attached hydrogens (tertiary/aromatic N) is 2. The summed E-state index contributed by atoms with van der Waals surface area (Å²) >= 11 is 0. The first-order chi connectivity index (χ1) is 13.2. The first-order valence-corrected chi connectivity index (χ1v) is 9.16. The zero-order valence-corrected chi connectivity index (χ0v) is 16.8. The molecule has 1 saturated heterocycles. The van der Waals surface area contributed by atoms with Gasteiger partial charge in [-0.1, -0.05) is 6.07 Å². The van der Waals surface area contributed by atoms with E-state index < -0.39 is 6.61 Å². The summed E-state index contributed by atoms with van der Waals surface area (Å²) in [6.45, 7) is 5.13. The number of hydrogen-bond donors (Lipinski definition) is 1. The van der Waals surface area contributed by atoms with Crippen molar-refractivity contribution in [1.82, 2.24) is 15.1 Å². The summed E-state index contributed by atoms with van der Waals surface area (Å²) in [6, 6.07) is 4.40. The van der Waals surface area contributed by atoms with Crippen LogP contribution in [-0.2, 0) is 11.3 Å². The zero-order valence-electron chi connectivity index (χ0n) is 16.8. The van der Waals surface area contributed by atoms with Crippen molar-refractivity contribution in [2.24, 2.45) is 0 Å². The van der Waals surface area contributed by atoms with Gasteiger partial charge in [0.15, 0.2) is 11.5 Å². The molecule has 0 bridgehead atoms. The molecule has 1 fully saturated rings. The Balaban J connectivity index is 1.91. The number of rotatable bonds is 8. The summed E-state index contributed by atoms with van der Waals surface area (Å²) in [4.78, 5) is 16.3.